The summed E-state index contributed by atoms with van der Waals surface area (Å²) in [4.78, 5) is 6.85. The molecule has 2 aromatic heterocycles. The van der Waals surface area contributed by atoms with Crippen molar-refractivity contribution in [3.8, 4) is 11.5 Å². The number of benzene rings is 1. The molecule has 4 rings (SSSR count). The summed E-state index contributed by atoms with van der Waals surface area (Å²) in [7, 11) is 0. The summed E-state index contributed by atoms with van der Waals surface area (Å²) >= 11 is 7.58. The number of morpholine rings is 1. The standard InChI is InChI=1S/C20H24ClN5O2S/c1-14(2)11-26-19(25-7-9-27-10-8-25)23-24-20(26)29-13-17-12-28-18(22-17)15-3-5-16(21)6-4-15/h3-6,12,14H,7-11,13H2,1-2H3. The van der Waals surface area contributed by atoms with Crippen LogP contribution in [0.2, 0.25) is 5.02 Å². The molecule has 0 saturated carbocycles. The van der Waals surface area contributed by atoms with Gasteiger partial charge in [-0.3, -0.25) is 4.57 Å². The van der Waals surface area contributed by atoms with E-state index >= 15 is 0 Å². The maximum atomic E-state index is 5.95. The van der Waals surface area contributed by atoms with Crippen LogP contribution in [0, 0.1) is 5.92 Å². The topological polar surface area (TPSA) is 69.2 Å². The van der Waals surface area contributed by atoms with Gasteiger partial charge in [0.25, 0.3) is 0 Å². The lowest BCUT2D eigenvalue weighted by Gasteiger charge is -2.28. The number of oxazole rings is 1. The highest BCUT2D eigenvalue weighted by Crippen LogP contribution is 2.28. The second kappa shape index (κ2) is 9.19. The molecule has 0 amide bonds. The predicted molar refractivity (Wildman–Crippen MR) is 114 cm³/mol. The minimum absolute atomic E-state index is 0.494. The lowest BCUT2D eigenvalue weighted by molar-refractivity contribution is 0.121. The Hall–Kier alpha value is -2.03. The largest absolute Gasteiger partial charge is 0.444 e. The fraction of sp³-hybridized carbons (Fsp3) is 0.450. The molecule has 154 valence electrons. The van der Waals surface area contributed by atoms with Crippen molar-refractivity contribution in [3.63, 3.8) is 0 Å². The minimum atomic E-state index is 0.494. The highest BCUT2D eigenvalue weighted by Gasteiger charge is 2.21. The molecule has 1 aromatic carbocycles. The Morgan fingerprint density at radius 2 is 1.90 bits per heavy atom. The van der Waals surface area contributed by atoms with Crippen LogP contribution in [0.4, 0.5) is 5.95 Å². The lowest BCUT2D eigenvalue weighted by Crippen LogP contribution is -2.38. The third-order valence-electron chi connectivity index (χ3n) is 4.53. The smallest absolute Gasteiger partial charge is 0.228 e. The van der Waals surface area contributed by atoms with Crippen LogP contribution in [0.15, 0.2) is 40.1 Å². The number of nitrogens with zero attached hydrogens (tertiary/aromatic N) is 5. The van der Waals surface area contributed by atoms with Gasteiger partial charge in [-0.2, -0.15) is 0 Å². The predicted octanol–water partition coefficient (Wildman–Crippen LogP) is 4.37. The van der Waals surface area contributed by atoms with Crippen molar-refractivity contribution in [1.29, 1.82) is 0 Å². The molecule has 3 aromatic rings. The van der Waals surface area contributed by atoms with Gasteiger partial charge < -0.3 is 14.1 Å². The van der Waals surface area contributed by atoms with E-state index in [9.17, 15) is 0 Å². The van der Waals surface area contributed by atoms with Crippen LogP contribution in [0.1, 0.15) is 19.5 Å². The third kappa shape index (κ3) is 4.94. The Labute approximate surface area is 179 Å². The SMILES string of the molecule is CC(C)Cn1c(SCc2coc(-c3ccc(Cl)cc3)n2)nnc1N1CCOCC1. The number of hydrogen-bond donors (Lipinski definition) is 0. The summed E-state index contributed by atoms with van der Waals surface area (Å²) in [6.07, 6.45) is 1.70. The number of halogens is 1. The van der Waals surface area contributed by atoms with E-state index in [1.54, 1.807) is 18.0 Å². The average Bonchev–Trinajstić information content (AvgIpc) is 3.34. The van der Waals surface area contributed by atoms with Gasteiger partial charge in [0.05, 0.1) is 18.9 Å². The summed E-state index contributed by atoms with van der Waals surface area (Å²) in [6.45, 7) is 8.41. The molecule has 3 heterocycles. The summed E-state index contributed by atoms with van der Waals surface area (Å²) in [5.41, 5.74) is 1.77. The first-order valence-corrected chi connectivity index (χ1v) is 11.1. The zero-order chi connectivity index (χ0) is 20.2. The summed E-state index contributed by atoms with van der Waals surface area (Å²) in [6, 6.07) is 7.46. The summed E-state index contributed by atoms with van der Waals surface area (Å²) in [5, 5.41) is 10.5. The van der Waals surface area contributed by atoms with Crippen LogP contribution in [0.25, 0.3) is 11.5 Å². The molecule has 1 aliphatic rings. The zero-order valence-corrected chi connectivity index (χ0v) is 18.1. The third-order valence-corrected chi connectivity index (χ3v) is 5.78. The Kier molecular flexibility index (Phi) is 6.42. The van der Waals surface area contributed by atoms with E-state index in [4.69, 9.17) is 20.8 Å². The Balaban J connectivity index is 1.48. The number of ether oxygens (including phenoxy) is 1. The molecule has 0 spiro atoms. The highest BCUT2D eigenvalue weighted by molar-refractivity contribution is 7.98. The first-order valence-electron chi connectivity index (χ1n) is 9.69. The quantitative estimate of drug-likeness (QED) is 0.512. The molecule has 0 N–H and O–H groups in total. The minimum Gasteiger partial charge on any atom is -0.444 e. The highest BCUT2D eigenvalue weighted by atomic mass is 35.5. The molecule has 7 nitrogen and oxygen atoms in total. The van der Waals surface area contributed by atoms with E-state index in [1.165, 1.54) is 0 Å². The van der Waals surface area contributed by atoms with Gasteiger partial charge in [-0.1, -0.05) is 37.2 Å². The van der Waals surface area contributed by atoms with Crippen molar-refractivity contribution in [1.82, 2.24) is 19.7 Å². The van der Waals surface area contributed by atoms with E-state index < -0.39 is 0 Å². The van der Waals surface area contributed by atoms with Crippen molar-refractivity contribution >= 4 is 29.3 Å². The van der Waals surface area contributed by atoms with Crippen LogP contribution in [-0.2, 0) is 17.0 Å². The molecular weight excluding hydrogens is 410 g/mol. The van der Waals surface area contributed by atoms with Gasteiger partial charge in [0.2, 0.25) is 11.8 Å². The van der Waals surface area contributed by atoms with Crippen LogP contribution < -0.4 is 4.90 Å². The molecule has 0 aliphatic carbocycles. The molecule has 0 radical (unpaired) electrons. The first kappa shape index (κ1) is 20.3. The Bertz CT molecular complexity index is 935. The van der Waals surface area contributed by atoms with Crippen molar-refractivity contribution in [2.24, 2.45) is 5.92 Å². The monoisotopic (exact) mass is 433 g/mol. The molecule has 9 heteroatoms. The number of aromatic nitrogens is 4. The second-order valence-electron chi connectivity index (χ2n) is 7.33. The van der Waals surface area contributed by atoms with E-state index in [0.717, 1.165) is 55.2 Å². The van der Waals surface area contributed by atoms with E-state index in [2.05, 4.69) is 38.5 Å². The van der Waals surface area contributed by atoms with E-state index in [0.29, 0.717) is 22.6 Å². The van der Waals surface area contributed by atoms with Gasteiger partial charge in [0.1, 0.15) is 6.26 Å². The van der Waals surface area contributed by atoms with Gasteiger partial charge in [-0.25, -0.2) is 4.98 Å². The molecular formula is C20H24ClN5O2S. The molecule has 1 saturated heterocycles. The summed E-state index contributed by atoms with van der Waals surface area (Å²) in [5.74, 6) is 2.67. The van der Waals surface area contributed by atoms with E-state index in [-0.39, 0.29) is 0 Å². The molecule has 0 unspecified atom stereocenters. The van der Waals surface area contributed by atoms with Crippen molar-refractivity contribution in [3.05, 3.63) is 41.2 Å². The van der Waals surface area contributed by atoms with Gasteiger partial charge >= 0.3 is 0 Å². The number of anilines is 1. The normalized spacial score (nSPS) is 14.7. The molecule has 0 bridgehead atoms. The second-order valence-corrected chi connectivity index (χ2v) is 8.70. The summed E-state index contributed by atoms with van der Waals surface area (Å²) < 4.78 is 13.3. The Morgan fingerprint density at radius 3 is 2.62 bits per heavy atom. The lowest BCUT2D eigenvalue weighted by atomic mass is 10.2. The van der Waals surface area contributed by atoms with Gasteiger partial charge in [-0.05, 0) is 30.2 Å². The maximum Gasteiger partial charge on any atom is 0.228 e. The fourth-order valence-electron chi connectivity index (χ4n) is 3.15. The number of hydrogen-bond acceptors (Lipinski definition) is 7. The average molecular weight is 434 g/mol. The maximum absolute atomic E-state index is 5.95. The number of thioether (sulfide) groups is 1. The van der Waals surface area contributed by atoms with Crippen molar-refractivity contribution in [2.75, 3.05) is 31.2 Å². The van der Waals surface area contributed by atoms with Crippen LogP contribution in [-0.4, -0.2) is 46.1 Å². The molecule has 29 heavy (non-hydrogen) atoms. The Morgan fingerprint density at radius 1 is 1.14 bits per heavy atom. The molecule has 0 atom stereocenters. The molecule has 1 aliphatic heterocycles. The first-order chi connectivity index (χ1) is 14.1. The fourth-order valence-corrected chi connectivity index (χ4v) is 4.09. The molecule has 1 fully saturated rings. The van der Waals surface area contributed by atoms with Crippen molar-refractivity contribution < 1.29 is 9.15 Å². The van der Waals surface area contributed by atoms with Gasteiger partial charge in [-0.15, -0.1) is 10.2 Å². The van der Waals surface area contributed by atoms with Gasteiger partial charge in [0, 0.05) is 36.0 Å². The van der Waals surface area contributed by atoms with E-state index in [1.807, 2.05) is 24.3 Å². The number of rotatable bonds is 7. The van der Waals surface area contributed by atoms with Crippen molar-refractivity contribution in [2.45, 2.75) is 31.3 Å². The van der Waals surface area contributed by atoms with Crippen LogP contribution in [0.5, 0.6) is 0 Å². The van der Waals surface area contributed by atoms with Crippen LogP contribution in [0.3, 0.4) is 0 Å². The van der Waals surface area contributed by atoms with Crippen LogP contribution >= 0.6 is 23.4 Å². The zero-order valence-electron chi connectivity index (χ0n) is 16.5. The van der Waals surface area contributed by atoms with Gasteiger partial charge in [0.15, 0.2) is 5.16 Å².